The quantitative estimate of drug-likeness (QED) is 0.594. The number of halogens is 3. The number of hydrogen-bond acceptors (Lipinski definition) is 1. The van der Waals surface area contributed by atoms with E-state index in [0.29, 0.717) is 17.3 Å². The molecule has 0 radical (unpaired) electrons. The SMILES string of the molecule is Cc1ccc(N)c(-c2cc(F)c(F)cc2F)c1. The molecule has 0 spiro atoms. The third-order valence-electron chi connectivity index (χ3n) is 2.51. The van der Waals surface area contributed by atoms with Gasteiger partial charge in [-0.2, -0.15) is 0 Å². The summed E-state index contributed by atoms with van der Waals surface area (Å²) in [6.45, 7) is 1.81. The van der Waals surface area contributed by atoms with Gasteiger partial charge in [-0.25, -0.2) is 13.2 Å². The zero-order valence-electron chi connectivity index (χ0n) is 9.10. The summed E-state index contributed by atoms with van der Waals surface area (Å²) in [5, 5.41) is 0. The molecule has 0 saturated carbocycles. The largest absolute Gasteiger partial charge is 0.398 e. The third kappa shape index (κ3) is 2.11. The van der Waals surface area contributed by atoms with Crippen LogP contribution in [0.5, 0.6) is 0 Å². The van der Waals surface area contributed by atoms with Crippen LogP contribution in [0.3, 0.4) is 0 Å². The summed E-state index contributed by atoms with van der Waals surface area (Å²) in [4.78, 5) is 0. The third-order valence-corrected chi connectivity index (χ3v) is 2.51. The van der Waals surface area contributed by atoms with E-state index in [9.17, 15) is 13.2 Å². The van der Waals surface area contributed by atoms with Crippen molar-refractivity contribution >= 4 is 5.69 Å². The van der Waals surface area contributed by atoms with Crippen molar-refractivity contribution in [3.05, 3.63) is 53.3 Å². The van der Waals surface area contributed by atoms with Crippen molar-refractivity contribution in [3.8, 4) is 11.1 Å². The van der Waals surface area contributed by atoms with Crippen LogP contribution in [0, 0.1) is 24.4 Å². The van der Waals surface area contributed by atoms with Gasteiger partial charge >= 0.3 is 0 Å². The molecule has 0 fully saturated rings. The smallest absolute Gasteiger partial charge is 0.161 e. The van der Waals surface area contributed by atoms with Crippen LogP contribution in [0.1, 0.15) is 5.56 Å². The molecule has 0 aliphatic heterocycles. The number of rotatable bonds is 1. The molecule has 1 nitrogen and oxygen atoms in total. The lowest BCUT2D eigenvalue weighted by molar-refractivity contribution is 0.496. The van der Waals surface area contributed by atoms with E-state index >= 15 is 0 Å². The Morgan fingerprint density at radius 1 is 0.824 bits per heavy atom. The molecule has 2 N–H and O–H groups in total. The average Bonchev–Trinajstić information content (AvgIpc) is 2.27. The molecular formula is C13H10F3N. The first kappa shape index (κ1) is 11.5. The fourth-order valence-corrected chi connectivity index (χ4v) is 1.63. The van der Waals surface area contributed by atoms with Crippen LogP contribution < -0.4 is 5.73 Å². The topological polar surface area (TPSA) is 26.0 Å². The van der Waals surface area contributed by atoms with Crippen LogP contribution in [0.4, 0.5) is 18.9 Å². The molecule has 0 heterocycles. The Bertz CT molecular complexity index is 579. The molecular weight excluding hydrogens is 227 g/mol. The van der Waals surface area contributed by atoms with Crippen LogP contribution in [0.2, 0.25) is 0 Å². The number of nitrogens with two attached hydrogens (primary N) is 1. The molecule has 0 aromatic heterocycles. The van der Waals surface area contributed by atoms with Gasteiger partial charge in [0.15, 0.2) is 11.6 Å². The van der Waals surface area contributed by atoms with Crippen LogP contribution >= 0.6 is 0 Å². The fourth-order valence-electron chi connectivity index (χ4n) is 1.63. The number of anilines is 1. The van der Waals surface area contributed by atoms with Gasteiger partial charge in [-0.05, 0) is 25.1 Å². The number of benzene rings is 2. The fraction of sp³-hybridized carbons (Fsp3) is 0.0769. The monoisotopic (exact) mass is 237 g/mol. The van der Waals surface area contributed by atoms with Gasteiger partial charge in [-0.3, -0.25) is 0 Å². The van der Waals surface area contributed by atoms with E-state index in [0.717, 1.165) is 11.6 Å². The maximum Gasteiger partial charge on any atom is 0.161 e. The normalized spacial score (nSPS) is 10.6. The lowest BCUT2D eigenvalue weighted by Crippen LogP contribution is -1.96. The Labute approximate surface area is 96.7 Å². The van der Waals surface area contributed by atoms with E-state index in [4.69, 9.17) is 5.73 Å². The van der Waals surface area contributed by atoms with Gasteiger partial charge in [0, 0.05) is 22.9 Å². The van der Waals surface area contributed by atoms with Gasteiger partial charge in [-0.1, -0.05) is 11.6 Å². The van der Waals surface area contributed by atoms with Crippen LogP contribution in [0.25, 0.3) is 11.1 Å². The molecule has 4 heteroatoms. The molecule has 0 saturated heterocycles. The van der Waals surface area contributed by atoms with Gasteiger partial charge in [-0.15, -0.1) is 0 Å². The van der Waals surface area contributed by atoms with Crippen molar-refractivity contribution in [2.45, 2.75) is 6.92 Å². The Morgan fingerprint density at radius 2 is 1.47 bits per heavy atom. The lowest BCUT2D eigenvalue weighted by Gasteiger charge is -2.08. The van der Waals surface area contributed by atoms with E-state index in [2.05, 4.69) is 0 Å². The highest BCUT2D eigenvalue weighted by Crippen LogP contribution is 2.30. The van der Waals surface area contributed by atoms with E-state index < -0.39 is 17.5 Å². The average molecular weight is 237 g/mol. The zero-order valence-corrected chi connectivity index (χ0v) is 9.10. The first-order chi connectivity index (χ1) is 7.99. The summed E-state index contributed by atoms with van der Waals surface area (Å²) in [6, 6.07) is 6.33. The molecule has 0 aliphatic rings. The maximum atomic E-state index is 13.6. The molecule has 88 valence electrons. The number of hydrogen-bond donors (Lipinski definition) is 1. The minimum atomic E-state index is -1.21. The molecule has 0 atom stereocenters. The number of aryl methyl sites for hydroxylation is 1. The minimum absolute atomic E-state index is 0.0369. The summed E-state index contributed by atoms with van der Waals surface area (Å²) in [5.41, 5.74) is 7.20. The summed E-state index contributed by atoms with van der Waals surface area (Å²) in [5.74, 6) is -3.14. The summed E-state index contributed by atoms with van der Waals surface area (Å²) in [6.07, 6.45) is 0. The van der Waals surface area contributed by atoms with Crippen molar-refractivity contribution in [2.75, 3.05) is 5.73 Å². The summed E-state index contributed by atoms with van der Waals surface area (Å²) >= 11 is 0. The van der Waals surface area contributed by atoms with Crippen molar-refractivity contribution in [1.29, 1.82) is 0 Å². The van der Waals surface area contributed by atoms with E-state index in [1.54, 1.807) is 25.1 Å². The van der Waals surface area contributed by atoms with Crippen molar-refractivity contribution in [1.82, 2.24) is 0 Å². The molecule has 2 aromatic carbocycles. The van der Waals surface area contributed by atoms with Crippen molar-refractivity contribution in [2.24, 2.45) is 0 Å². The van der Waals surface area contributed by atoms with Crippen LogP contribution in [0.15, 0.2) is 30.3 Å². The van der Waals surface area contributed by atoms with Gasteiger partial charge in [0.2, 0.25) is 0 Å². The highest BCUT2D eigenvalue weighted by atomic mass is 19.2. The first-order valence-corrected chi connectivity index (χ1v) is 5.00. The molecule has 0 bridgehead atoms. The van der Waals surface area contributed by atoms with Crippen molar-refractivity contribution in [3.63, 3.8) is 0 Å². The van der Waals surface area contributed by atoms with E-state index in [1.807, 2.05) is 0 Å². The van der Waals surface area contributed by atoms with Gasteiger partial charge in [0.05, 0.1) is 0 Å². The van der Waals surface area contributed by atoms with Crippen LogP contribution in [-0.2, 0) is 0 Å². The Balaban J connectivity index is 2.68. The standard InChI is InChI=1S/C13H10F3N/c1-7-2-3-13(17)9(4-7)8-5-11(15)12(16)6-10(8)14/h2-6H,17H2,1H3. The van der Waals surface area contributed by atoms with E-state index in [-0.39, 0.29) is 5.56 Å². The Morgan fingerprint density at radius 3 is 2.18 bits per heavy atom. The molecule has 17 heavy (non-hydrogen) atoms. The highest BCUT2D eigenvalue weighted by Gasteiger charge is 2.13. The van der Waals surface area contributed by atoms with Crippen LogP contribution in [-0.4, -0.2) is 0 Å². The second kappa shape index (κ2) is 4.13. The predicted octanol–water partition coefficient (Wildman–Crippen LogP) is 3.66. The Hall–Kier alpha value is -1.97. The summed E-state index contributed by atoms with van der Waals surface area (Å²) in [7, 11) is 0. The Kier molecular flexibility index (Phi) is 2.79. The number of nitrogen functional groups attached to an aromatic ring is 1. The maximum absolute atomic E-state index is 13.6. The summed E-state index contributed by atoms with van der Waals surface area (Å²) < 4.78 is 39.5. The first-order valence-electron chi connectivity index (χ1n) is 5.00. The highest BCUT2D eigenvalue weighted by molar-refractivity contribution is 5.77. The molecule has 2 rings (SSSR count). The van der Waals surface area contributed by atoms with E-state index in [1.165, 1.54) is 0 Å². The van der Waals surface area contributed by atoms with Gasteiger partial charge < -0.3 is 5.73 Å². The molecule has 0 unspecified atom stereocenters. The second-order valence-corrected chi connectivity index (χ2v) is 3.84. The van der Waals surface area contributed by atoms with Gasteiger partial charge in [0.25, 0.3) is 0 Å². The lowest BCUT2D eigenvalue weighted by atomic mass is 10.0. The van der Waals surface area contributed by atoms with Gasteiger partial charge in [0.1, 0.15) is 5.82 Å². The zero-order chi connectivity index (χ0) is 12.6. The predicted molar refractivity (Wildman–Crippen MR) is 60.9 cm³/mol. The minimum Gasteiger partial charge on any atom is -0.398 e. The second-order valence-electron chi connectivity index (χ2n) is 3.84. The van der Waals surface area contributed by atoms with Crippen molar-refractivity contribution < 1.29 is 13.2 Å². The molecule has 0 aliphatic carbocycles. The molecule has 0 amide bonds. The molecule has 2 aromatic rings.